The van der Waals surface area contributed by atoms with Crippen molar-refractivity contribution in [3.05, 3.63) is 12.7 Å². The molecule has 90 valence electrons. The van der Waals surface area contributed by atoms with Gasteiger partial charge in [0.15, 0.2) is 0 Å². The van der Waals surface area contributed by atoms with Gasteiger partial charge >= 0.3 is 5.97 Å². The predicted octanol–water partition coefficient (Wildman–Crippen LogP) is 3.46. The number of fused-ring (bicyclic) bond motifs is 1. The highest BCUT2D eigenvalue weighted by atomic mass is 16.6. The molecule has 0 heterocycles. The first-order chi connectivity index (χ1) is 7.68. The lowest BCUT2D eigenvalue weighted by molar-refractivity contribution is -0.165. The lowest BCUT2D eigenvalue weighted by atomic mass is 9.63. The van der Waals surface area contributed by atoms with Gasteiger partial charge in [-0.3, -0.25) is 4.79 Å². The first kappa shape index (κ1) is 11.7. The minimum absolute atomic E-state index is 0.161. The van der Waals surface area contributed by atoms with Crippen LogP contribution in [0.3, 0.4) is 0 Å². The minimum Gasteiger partial charge on any atom is -0.455 e. The molecule has 0 saturated heterocycles. The van der Waals surface area contributed by atoms with E-state index >= 15 is 0 Å². The minimum atomic E-state index is -0.352. The van der Waals surface area contributed by atoms with Crippen LogP contribution >= 0.6 is 0 Å². The van der Waals surface area contributed by atoms with Crippen molar-refractivity contribution >= 4 is 5.97 Å². The topological polar surface area (TPSA) is 26.3 Å². The van der Waals surface area contributed by atoms with Gasteiger partial charge in [-0.2, -0.15) is 0 Å². The highest BCUT2D eigenvalue weighted by Crippen LogP contribution is 2.48. The average Bonchev–Trinajstić information content (AvgIpc) is 2.29. The van der Waals surface area contributed by atoms with Gasteiger partial charge in [-0.25, -0.2) is 0 Å². The zero-order valence-corrected chi connectivity index (χ0v) is 10.2. The van der Waals surface area contributed by atoms with Gasteiger partial charge in [0.2, 0.25) is 0 Å². The summed E-state index contributed by atoms with van der Waals surface area (Å²) in [4.78, 5) is 11.3. The van der Waals surface area contributed by atoms with Crippen LogP contribution in [0.5, 0.6) is 0 Å². The zero-order valence-electron chi connectivity index (χ0n) is 10.2. The Morgan fingerprint density at radius 1 is 1.31 bits per heavy atom. The van der Waals surface area contributed by atoms with E-state index in [4.69, 9.17) is 4.74 Å². The Kier molecular flexibility index (Phi) is 3.36. The van der Waals surface area contributed by atoms with Crippen molar-refractivity contribution in [2.75, 3.05) is 0 Å². The SMILES string of the molecule is C=CC1(OC(C)=O)CCCC2CCCCC21. The fourth-order valence-corrected chi connectivity index (χ4v) is 3.71. The molecule has 0 aromatic carbocycles. The Labute approximate surface area is 98.1 Å². The highest BCUT2D eigenvalue weighted by molar-refractivity contribution is 5.67. The molecule has 3 unspecified atom stereocenters. The second-order valence-electron chi connectivity index (χ2n) is 5.30. The van der Waals surface area contributed by atoms with Crippen LogP contribution in [-0.4, -0.2) is 11.6 Å². The summed E-state index contributed by atoms with van der Waals surface area (Å²) in [7, 11) is 0. The van der Waals surface area contributed by atoms with Crippen molar-refractivity contribution in [1.82, 2.24) is 0 Å². The summed E-state index contributed by atoms with van der Waals surface area (Å²) in [5.74, 6) is 1.11. The van der Waals surface area contributed by atoms with Crippen LogP contribution in [0.15, 0.2) is 12.7 Å². The zero-order chi connectivity index (χ0) is 11.6. The third kappa shape index (κ3) is 2.02. The smallest absolute Gasteiger partial charge is 0.303 e. The van der Waals surface area contributed by atoms with Crippen LogP contribution in [0, 0.1) is 11.8 Å². The molecule has 2 aliphatic carbocycles. The van der Waals surface area contributed by atoms with Gasteiger partial charge in [0, 0.05) is 12.8 Å². The summed E-state index contributed by atoms with van der Waals surface area (Å²) in [6.45, 7) is 5.43. The van der Waals surface area contributed by atoms with Crippen molar-refractivity contribution in [3.63, 3.8) is 0 Å². The standard InChI is InChI=1S/C14H22O2/c1-3-14(16-11(2)15)10-6-8-12-7-4-5-9-13(12)14/h3,12-13H,1,4-10H2,2H3. The largest absolute Gasteiger partial charge is 0.455 e. The number of esters is 1. The fraction of sp³-hybridized carbons (Fsp3) is 0.786. The van der Waals surface area contributed by atoms with E-state index in [2.05, 4.69) is 6.58 Å². The molecule has 0 bridgehead atoms. The Balaban J connectivity index is 2.20. The summed E-state index contributed by atoms with van der Waals surface area (Å²) < 4.78 is 5.64. The van der Waals surface area contributed by atoms with Gasteiger partial charge in [-0.15, -0.1) is 0 Å². The predicted molar refractivity (Wildman–Crippen MR) is 64.0 cm³/mol. The summed E-state index contributed by atoms with van der Waals surface area (Å²) in [5.41, 5.74) is -0.352. The number of carbonyl (C=O) groups is 1. The number of ether oxygens (including phenoxy) is 1. The van der Waals surface area contributed by atoms with E-state index in [9.17, 15) is 4.79 Å². The van der Waals surface area contributed by atoms with Crippen LogP contribution in [0.2, 0.25) is 0 Å². The molecule has 0 aromatic rings. The number of hydrogen-bond acceptors (Lipinski definition) is 2. The Hall–Kier alpha value is -0.790. The lowest BCUT2D eigenvalue weighted by Gasteiger charge is -2.47. The second kappa shape index (κ2) is 4.60. The van der Waals surface area contributed by atoms with E-state index in [1.807, 2.05) is 6.08 Å². The molecule has 3 atom stereocenters. The van der Waals surface area contributed by atoms with Crippen LogP contribution in [0.1, 0.15) is 51.9 Å². The first-order valence-corrected chi connectivity index (χ1v) is 6.51. The maximum atomic E-state index is 11.3. The van der Waals surface area contributed by atoms with E-state index in [0.717, 1.165) is 12.3 Å². The van der Waals surface area contributed by atoms with Gasteiger partial charge in [-0.05, 0) is 37.7 Å². The van der Waals surface area contributed by atoms with Gasteiger partial charge < -0.3 is 4.74 Å². The molecule has 0 aromatic heterocycles. The molecule has 0 amide bonds. The first-order valence-electron chi connectivity index (χ1n) is 6.51. The average molecular weight is 222 g/mol. The van der Waals surface area contributed by atoms with Crippen molar-refractivity contribution in [1.29, 1.82) is 0 Å². The molecule has 16 heavy (non-hydrogen) atoms. The molecule has 0 radical (unpaired) electrons. The maximum Gasteiger partial charge on any atom is 0.303 e. The van der Waals surface area contributed by atoms with Crippen LogP contribution < -0.4 is 0 Å². The third-order valence-corrected chi connectivity index (χ3v) is 4.36. The normalized spacial score (nSPS) is 38.6. The molecular weight excluding hydrogens is 200 g/mol. The van der Waals surface area contributed by atoms with Crippen molar-refractivity contribution < 1.29 is 9.53 Å². The van der Waals surface area contributed by atoms with E-state index in [0.29, 0.717) is 5.92 Å². The third-order valence-electron chi connectivity index (χ3n) is 4.36. The Morgan fingerprint density at radius 2 is 2.00 bits per heavy atom. The van der Waals surface area contributed by atoms with Crippen LogP contribution in [-0.2, 0) is 9.53 Å². The molecule has 2 nitrogen and oxygen atoms in total. The molecule has 0 spiro atoms. The van der Waals surface area contributed by atoms with Crippen LogP contribution in [0.4, 0.5) is 0 Å². The number of carbonyl (C=O) groups excluding carboxylic acids is 1. The lowest BCUT2D eigenvalue weighted by Crippen LogP contribution is -2.48. The summed E-state index contributed by atoms with van der Waals surface area (Å²) in [6.07, 6.45) is 10.5. The van der Waals surface area contributed by atoms with Crippen LogP contribution in [0.25, 0.3) is 0 Å². The van der Waals surface area contributed by atoms with Gasteiger partial charge in [0.05, 0.1) is 0 Å². The molecule has 2 saturated carbocycles. The molecule has 2 heteroatoms. The Morgan fingerprint density at radius 3 is 2.69 bits per heavy atom. The van der Waals surface area contributed by atoms with Gasteiger partial charge in [0.1, 0.15) is 5.60 Å². The molecule has 0 N–H and O–H groups in total. The quantitative estimate of drug-likeness (QED) is 0.528. The summed E-state index contributed by atoms with van der Waals surface area (Å²) in [6, 6.07) is 0. The molecule has 0 aliphatic heterocycles. The molecule has 2 rings (SSSR count). The second-order valence-corrected chi connectivity index (χ2v) is 5.30. The number of hydrogen-bond donors (Lipinski definition) is 0. The van der Waals surface area contributed by atoms with E-state index in [1.54, 1.807) is 0 Å². The Bertz CT molecular complexity index is 282. The van der Waals surface area contributed by atoms with E-state index in [1.165, 1.54) is 45.4 Å². The van der Waals surface area contributed by atoms with Crippen molar-refractivity contribution in [2.24, 2.45) is 11.8 Å². The maximum absolute atomic E-state index is 11.3. The van der Waals surface area contributed by atoms with Crippen molar-refractivity contribution in [3.8, 4) is 0 Å². The number of rotatable bonds is 2. The fourth-order valence-electron chi connectivity index (χ4n) is 3.71. The highest BCUT2D eigenvalue weighted by Gasteiger charge is 2.46. The molecule has 2 fully saturated rings. The van der Waals surface area contributed by atoms with Gasteiger partial charge in [0.25, 0.3) is 0 Å². The van der Waals surface area contributed by atoms with Crippen molar-refractivity contribution in [2.45, 2.75) is 57.5 Å². The monoisotopic (exact) mass is 222 g/mol. The van der Waals surface area contributed by atoms with E-state index in [-0.39, 0.29) is 11.6 Å². The van der Waals surface area contributed by atoms with E-state index < -0.39 is 0 Å². The summed E-state index contributed by atoms with van der Waals surface area (Å²) >= 11 is 0. The van der Waals surface area contributed by atoms with Gasteiger partial charge in [-0.1, -0.05) is 25.8 Å². The molecular formula is C14H22O2. The summed E-state index contributed by atoms with van der Waals surface area (Å²) in [5, 5.41) is 0. The molecule has 2 aliphatic rings.